The molecule has 1 fully saturated rings. The van der Waals surface area contributed by atoms with Gasteiger partial charge in [0.15, 0.2) is 0 Å². The third-order valence-electron chi connectivity index (χ3n) is 4.44. The molecular formula is C22H14BrN3O5S. The summed E-state index contributed by atoms with van der Waals surface area (Å²) in [4.78, 5) is 40.7. The summed E-state index contributed by atoms with van der Waals surface area (Å²) in [5, 5.41) is 10.4. The fourth-order valence-corrected chi connectivity index (χ4v) is 4.18. The Morgan fingerprint density at radius 1 is 1.12 bits per heavy atom. The van der Waals surface area contributed by atoms with Crippen molar-refractivity contribution >= 4 is 50.6 Å². The second kappa shape index (κ2) is 9.33. The largest absolute Gasteiger partial charge is 0.439 e. The summed E-state index contributed by atoms with van der Waals surface area (Å²) >= 11 is 4.29. The van der Waals surface area contributed by atoms with Gasteiger partial charge in [-0.05, 0) is 53.2 Å². The zero-order valence-corrected chi connectivity index (χ0v) is 18.7. The van der Waals surface area contributed by atoms with Gasteiger partial charge in [-0.25, -0.2) is 4.98 Å². The minimum Gasteiger partial charge on any atom is -0.439 e. The van der Waals surface area contributed by atoms with Crippen LogP contribution in [0, 0.1) is 10.1 Å². The SMILES string of the molecule is O=C1S/C(=C\c2ccc(Oc3ccc([N+](=O)[O-])cn3)cc2)C(=O)N1Cc1cccc(Br)c1. The van der Waals surface area contributed by atoms with Crippen LogP contribution in [-0.4, -0.2) is 26.0 Å². The van der Waals surface area contributed by atoms with E-state index in [-0.39, 0.29) is 29.3 Å². The van der Waals surface area contributed by atoms with Crippen LogP contribution in [0.3, 0.4) is 0 Å². The number of aromatic nitrogens is 1. The smallest absolute Gasteiger partial charge is 0.293 e. The number of ether oxygens (including phenoxy) is 1. The van der Waals surface area contributed by atoms with Gasteiger partial charge in [-0.3, -0.25) is 24.6 Å². The van der Waals surface area contributed by atoms with E-state index in [1.807, 2.05) is 24.3 Å². The monoisotopic (exact) mass is 511 g/mol. The van der Waals surface area contributed by atoms with E-state index in [2.05, 4.69) is 20.9 Å². The number of hydrogen-bond acceptors (Lipinski definition) is 7. The fraction of sp³-hybridized carbons (Fsp3) is 0.0455. The van der Waals surface area contributed by atoms with Gasteiger partial charge in [0.2, 0.25) is 5.88 Å². The van der Waals surface area contributed by atoms with E-state index in [4.69, 9.17) is 4.74 Å². The molecule has 1 saturated heterocycles. The van der Waals surface area contributed by atoms with Gasteiger partial charge in [-0.2, -0.15) is 0 Å². The van der Waals surface area contributed by atoms with Gasteiger partial charge < -0.3 is 4.74 Å². The zero-order chi connectivity index (χ0) is 22.7. The lowest BCUT2D eigenvalue weighted by molar-refractivity contribution is -0.385. The molecule has 0 unspecified atom stereocenters. The first-order chi connectivity index (χ1) is 15.4. The number of nitro groups is 1. The third kappa shape index (κ3) is 5.04. The summed E-state index contributed by atoms with van der Waals surface area (Å²) in [7, 11) is 0. The Hall–Kier alpha value is -3.50. The molecule has 0 bridgehead atoms. The minimum absolute atomic E-state index is 0.124. The maximum Gasteiger partial charge on any atom is 0.293 e. The molecule has 0 N–H and O–H groups in total. The Bertz CT molecular complexity index is 1230. The Morgan fingerprint density at radius 2 is 1.91 bits per heavy atom. The molecule has 2 aromatic carbocycles. The molecule has 0 atom stereocenters. The van der Waals surface area contributed by atoms with Crippen LogP contribution in [0.25, 0.3) is 6.08 Å². The number of nitrogens with zero attached hydrogens (tertiary/aromatic N) is 3. The number of rotatable bonds is 6. The molecule has 1 aliphatic heterocycles. The minimum atomic E-state index is -0.536. The van der Waals surface area contributed by atoms with Crippen LogP contribution in [0.4, 0.5) is 10.5 Å². The number of halogens is 1. The van der Waals surface area contributed by atoms with Crippen molar-refractivity contribution in [2.45, 2.75) is 6.54 Å². The summed E-state index contributed by atoms with van der Waals surface area (Å²) in [6.45, 7) is 0.205. The van der Waals surface area contributed by atoms with Crippen LogP contribution in [-0.2, 0) is 11.3 Å². The molecule has 0 aliphatic carbocycles. The van der Waals surface area contributed by atoms with E-state index in [0.29, 0.717) is 10.7 Å². The number of carbonyl (C=O) groups excluding carboxylic acids is 2. The molecule has 2 heterocycles. The molecule has 32 heavy (non-hydrogen) atoms. The second-order valence-corrected chi connectivity index (χ2v) is 8.59. The van der Waals surface area contributed by atoms with Crippen LogP contribution in [0.2, 0.25) is 0 Å². The molecule has 4 rings (SSSR count). The number of thioether (sulfide) groups is 1. The van der Waals surface area contributed by atoms with Crippen molar-refractivity contribution < 1.29 is 19.2 Å². The Labute approximate surface area is 195 Å². The number of pyridine rings is 1. The summed E-state index contributed by atoms with van der Waals surface area (Å²) < 4.78 is 6.46. The number of benzene rings is 2. The third-order valence-corrected chi connectivity index (χ3v) is 5.84. The van der Waals surface area contributed by atoms with Gasteiger partial charge >= 0.3 is 0 Å². The molecule has 2 amide bonds. The van der Waals surface area contributed by atoms with E-state index >= 15 is 0 Å². The normalized spacial score (nSPS) is 14.8. The van der Waals surface area contributed by atoms with Gasteiger partial charge in [-0.15, -0.1) is 0 Å². The summed E-state index contributed by atoms with van der Waals surface area (Å²) in [5.41, 5.74) is 1.45. The first kappa shape index (κ1) is 21.7. The van der Waals surface area contributed by atoms with Crippen molar-refractivity contribution in [2.75, 3.05) is 0 Å². The molecule has 8 nitrogen and oxygen atoms in total. The standard InChI is InChI=1S/C22H14BrN3O5S/c23-16-3-1-2-15(10-16)13-25-21(27)19(32-22(25)28)11-14-4-7-18(8-5-14)31-20-9-6-17(12-24-20)26(29)30/h1-12H,13H2/b19-11-. The summed E-state index contributed by atoms with van der Waals surface area (Å²) in [6, 6.07) is 17.0. The van der Waals surface area contributed by atoms with Gasteiger partial charge in [0.25, 0.3) is 16.8 Å². The van der Waals surface area contributed by atoms with Crippen LogP contribution in [0.15, 0.2) is 76.2 Å². The molecule has 10 heteroatoms. The highest BCUT2D eigenvalue weighted by atomic mass is 79.9. The van der Waals surface area contributed by atoms with Crippen LogP contribution >= 0.6 is 27.7 Å². The topological polar surface area (TPSA) is 103 Å². The molecule has 1 aromatic heterocycles. The zero-order valence-electron chi connectivity index (χ0n) is 16.3. The Kier molecular flexibility index (Phi) is 6.33. The van der Waals surface area contributed by atoms with E-state index in [9.17, 15) is 19.7 Å². The number of imide groups is 1. The van der Waals surface area contributed by atoms with Crippen LogP contribution in [0.1, 0.15) is 11.1 Å². The molecule has 0 radical (unpaired) electrons. The molecule has 1 aliphatic rings. The van der Waals surface area contributed by atoms with Gasteiger partial charge in [0.05, 0.1) is 16.4 Å². The first-order valence-electron chi connectivity index (χ1n) is 9.27. The maximum absolute atomic E-state index is 12.7. The highest BCUT2D eigenvalue weighted by Crippen LogP contribution is 2.34. The molecule has 0 spiro atoms. The molecule has 3 aromatic rings. The van der Waals surface area contributed by atoms with Gasteiger partial charge in [0.1, 0.15) is 11.9 Å². The molecule has 160 valence electrons. The summed E-state index contributed by atoms with van der Waals surface area (Å²) in [6.07, 6.45) is 2.77. The van der Waals surface area contributed by atoms with E-state index < -0.39 is 4.92 Å². The number of carbonyl (C=O) groups is 2. The highest BCUT2D eigenvalue weighted by Gasteiger charge is 2.34. The van der Waals surface area contributed by atoms with Crippen LogP contribution < -0.4 is 4.74 Å². The quantitative estimate of drug-likeness (QED) is 0.234. The number of hydrogen-bond donors (Lipinski definition) is 0. The van der Waals surface area contributed by atoms with Gasteiger partial charge in [-0.1, -0.05) is 40.2 Å². The predicted molar refractivity (Wildman–Crippen MR) is 123 cm³/mol. The van der Waals surface area contributed by atoms with Crippen molar-refractivity contribution in [2.24, 2.45) is 0 Å². The number of amides is 2. The lowest BCUT2D eigenvalue weighted by atomic mass is 10.2. The van der Waals surface area contributed by atoms with Crippen molar-refractivity contribution in [3.05, 3.63) is 97.5 Å². The van der Waals surface area contributed by atoms with Crippen molar-refractivity contribution in [1.82, 2.24) is 9.88 Å². The highest BCUT2D eigenvalue weighted by molar-refractivity contribution is 9.10. The molecule has 0 saturated carbocycles. The Morgan fingerprint density at radius 3 is 2.56 bits per heavy atom. The average Bonchev–Trinajstić information content (AvgIpc) is 3.03. The van der Waals surface area contributed by atoms with E-state index in [1.165, 1.54) is 17.0 Å². The van der Waals surface area contributed by atoms with Crippen LogP contribution in [0.5, 0.6) is 11.6 Å². The first-order valence-corrected chi connectivity index (χ1v) is 10.9. The summed E-state index contributed by atoms with van der Waals surface area (Å²) in [5.74, 6) is 0.360. The second-order valence-electron chi connectivity index (χ2n) is 6.68. The average molecular weight is 512 g/mol. The predicted octanol–water partition coefficient (Wildman–Crippen LogP) is 5.78. The maximum atomic E-state index is 12.7. The van der Waals surface area contributed by atoms with Crippen molar-refractivity contribution in [1.29, 1.82) is 0 Å². The molecular weight excluding hydrogens is 498 g/mol. The van der Waals surface area contributed by atoms with Crippen molar-refractivity contribution in [3.8, 4) is 11.6 Å². The lowest BCUT2D eigenvalue weighted by Gasteiger charge is -2.12. The van der Waals surface area contributed by atoms with Gasteiger partial charge in [0, 0.05) is 16.6 Å². The van der Waals surface area contributed by atoms with E-state index in [1.54, 1.807) is 30.3 Å². The Balaban J connectivity index is 1.44. The fourth-order valence-electron chi connectivity index (χ4n) is 2.90. The van der Waals surface area contributed by atoms with Crippen molar-refractivity contribution in [3.63, 3.8) is 0 Å². The lowest BCUT2D eigenvalue weighted by Crippen LogP contribution is -2.27. The van der Waals surface area contributed by atoms with E-state index in [0.717, 1.165) is 33.6 Å².